The Morgan fingerprint density at radius 2 is 1.32 bits per heavy atom. The van der Waals surface area contributed by atoms with Gasteiger partial charge in [0.2, 0.25) is 0 Å². The summed E-state index contributed by atoms with van der Waals surface area (Å²) in [4.78, 5) is 8.36. The highest BCUT2D eigenvalue weighted by Gasteiger charge is 2.35. The lowest BCUT2D eigenvalue weighted by atomic mass is 9.76. The standard InChI is InChI=1S/C26H32N2.CH2O2/c1-21-16-18-25(19-17-21)26(23-12-5-3-6-13-23,24-14-7-4-8-15-24)28-20-10-9-11-22(2)27;2-1-3/h3-8,12-19,22,28H,9-11,20,27H2,1-2H3;1H,(H,2,3). The van der Waals surface area contributed by atoms with Gasteiger partial charge < -0.3 is 10.8 Å². The van der Waals surface area contributed by atoms with E-state index in [4.69, 9.17) is 15.6 Å². The van der Waals surface area contributed by atoms with Gasteiger partial charge in [-0.2, -0.15) is 0 Å². The van der Waals surface area contributed by atoms with E-state index in [1.54, 1.807) is 0 Å². The molecule has 0 aliphatic heterocycles. The van der Waals surface area contributed by atoms with Crippen LogP contribution in [0.5, 0.6) is 0 Å². The van der Waals surface area contributed by atoms with Gasteiger partial charge in [-0.05, 0) is 49.9 Å². The molecule has 0 bridgehead atoms. The van der Waals surface area contributed by atoms with Gasteiger partial charge in [0.05, 0.1) is 5.54 Å². The van der Waals surface area contributed by atoms with Crippen LogP contribution in [0, 0.1) is 6.92 Å². The van der Waals surface area contributed by atoms with Crippen LogP contribution in [0.15, 0.2) is 84.9 Å². The number of carboxylic acid groups (broad SMARTS) is 1. The SMILES string of the molecule is Cc1ccc(C(NCCCCC(C)N)(c2ccccc2)c2ccccc2)cc1.O=CO. The van der Waals surface area contributed by atoms with Gasteiger partial charge in [-0.25, -0.2) is 0 Å². The van der Waals surface area contributed by atoms with Crippen molar-refractivity contribution >= 4 is 6.47 Å². The molecule has 164 valence electrons. The molecule has 0 amide bonds. The van der Waals surface area contributed by atoms with Gasteiger partial charge in [0.15, 0.2) is 0 Å². The van der Waals surface area contributed by atoms with Gasteiger partial charge in [0.25, 0.3) is 6.47 Å². The molecule has 0 saturated carbocycles. The molecular weight excluding hydrogens is 384 g/mol. The number of hydrogen-bond donors (Lipinski definition) is 3. The second kappa shape index (κ2) is 12.7. The second-order valence-electron chi connectivity index (χ2n) is 7.85. The van der Waals surface area contributed by atoms with Gasteiger partial charge in [-0.15, -0.1) is 0 Å². The summed E-state index contributed by atoms with van der Waals surface area (Å²) < 4.78 is 0. The van der Waals surface area contributed by atoms with Crippen LogP contribution in [0.2, 0.25) is 0 Å². The molecule has 0 aliphatic carbocycles. The summed E-state index contributed by atoms with van der Waals surface area (Å²) in [6.45, 7) is 4.90. The third-order valence-electron chi connectivity index (χ3n) is 5.37. The lowest BCUT2D eigenvalue weighted by Gasteiger charge is -2.37. The van der Waals surface area contributed by atoms with Crippen molar-refractivity contribution in [3.63, 3.8) is 0 Å². The van der Waals surface area contributed by atoms with Crippen LogP contribution in [0.25, 0.3) is 0 Å². The van der Waals surface area contributed by atoms with Crippen molar-refractivity contribution in [3.05, 3.63) is 107 Å². The van der Waals surface area contributed by atoms with Crippen LogP contribution in [0.1, 0.15) is 48.4 Å². The first-order chi connectivity index (χ1) is 15.0. The van der Waals surface area contributed by atoms with E-state index in [9.17, 15) is 0 Å². The molecule has 0 saturated heterocycles. The fourth-order valence-electron chi connectivity index (χ4n) is 3.85. The van der Waals surface area contributed by atoms with Crippen LogP contribution in [0.4, 0.5) is 0 Å². The molecule has 1 atom stereocenters. The molecular formula is C27H34N2O2. The van der Waals surface area contributed by atoms with Gasteiger partial charge in [0.1, 0.15) is 0 Å². The van der Waals surface area contributed by atoms with E-state index in [1.807, 2.05) is 0 Å². The topological polar surface area (TPSA) is 75.3 Å². The fourth-order valence-corrected chi connectivity index (χ4v) is 3.85. The monoisotopic (exact) mass is 418 g/mol. The summed E-state index contributed by atoms with van der Waals surface area (Å²) in [6.07, 6.45) is 3.31. The van der Waals surface area contributed by atoms with E-state index in [2.05, 4.69) is 104 Å². The molecule has 31 heavy (non-hydrogen) atoms. The smallest absolute Gasteiger partial charge is 0.290 e. The minimum absolute atomic E-state index is 0.250. The van der Waals surface area contributed by atoms with Crippen molar-refractivity contribution < 1.29 is 9.90 Å². The van der Waals surface area contributed by atoms with Crippen molar-refractivity contribution in [3.8, 4) is 0 Å². The van der Waals surface area contributed by atoms with E-state index in [0.29, 0.717) is 0 Å². The van der Waals surface area contributed by atoms with Crippen molar-refractivity contribution in [2.75, 3.05) is 6.54 Å². The maximum Gasteiger partial charge on any atom is 0.290 e. The fraction of sp³-hybridized carbons (Fsp3) is 0.296. The highest BCUT2D eigenvalue weighted by atomic mass is 16.3. The quantitative estimate of drug-likeness (QED) is 0.257. The zero-order valence-electron chi connectivity index (χ0n) is 18.5. The molecule has 0 aliphatic rings. The molecule has 3 rings (SSSR count). The van der Waals surface area contributed by atoms with E-state index in [1.165, 1.54) is 22.3 Å². The Labute approximate surface area is 186 Å². The van der Waals surface area contributed by atoms with Crippen LogP contribution in [-0.2, 0) is 10.3 Å². The molecule has 3 aromatic carbocycles. The summed E-state index contributed by atoms with van der Waals surface area (Å²) >= 11 is 0. The minimum atomic E-state index is -0.370. The van der Waals surface area contributed by atoms with Crippen LogP contribution < -0.4 is 11.1 Å². The Kier molecular flexibility index (Phi) is 9.95. The number of benzene rings is 3. The van der Waals surface area contributed by atoms with Gasteiger partial charge in [0, 0.05) is 6.04 Å². The highest BCUT2D eigenvalue weighted by molar-refractivity contribution is 5.49. The molecule has 0 spiro atoms. The van der Waals surface area contributed by atoms with E-state index in [0.717, 1.165) is 25.8 Å². The molecule has 0 radical (unpaired) electrons. The number of unbranched alkanes of at least 4 members (excludes halogenated alkanes) is 1. The Morgan fingerprint density at radius 3 is 1.77 bits per heavy atom. The summed E-state index contributed by atoms with van der Waals surface area (Å²) in [5.74, 6) is 0. The first-order valence-corrected chi connectivity index (χ1v) is 10.8. The number of rotatable bonds is 9. The van der Waals surface area contributed by atoms with Crippen molar-refractivity contribution in [2.24, 2.45) is 5.73 Å². The van der Waals surface area contributed by atoms with Gasteiger partial charge in [-0.1, -0.05) is 96.9 Å². The maximum absolute atomic E-state index is 8.36. The van der Waals surface area contributed by atoms with Crippen molar-refractivity contribution in [1.29, 1.82) is 0 Å². The molecule has 1 unspecified atom stereocenters. The summed E-state index contributed by atoms with van der Waals surface area (Å²) in [7, 11) is 0. The molecule has 0 fully saturated rings. The largest absolute Gasteiger partial charge is 0.483 e. The summed E-state index contributed by atoms with van der Waals surface area (Å²) in [5, 5.41) is 10.8. The Bertz CT molecular complexity index is 839. The predicted octanol–water partition coefficient (Wildman–Crippen LogP) is 5.09. The van der Waals surface area contributed by atoms with E-state index >= 15 is 0 Å². The molecule has 4 N–H and O–H groups in total. The Hall–Kier alpha value is -2.95. The van der Waals surface area contributed by atoms with Crippen LogP contribution in [-0.4, -0.2) is 24.2 Å². The molecule has 4 nitrogen and oxygen atoms in total. The predicted molar refractivity (Wildman–Crippen MR) is 128 cm³/mol. The normalized spacial score (nSPS) is 11.8. The highest BCUT2D eigenvalue weighted by Crippen LogP contribution is 2.37. The number of nitrogens with two attached hydrogens (primary N) is 1. The minimum Gasteiger partial charge on any atom is -0.483 e. The molecule has 0 aromatic heterocycles. The lowest BCUT2D eigenvalue weighted by Crippen LogP contribution is -2.45. The third kappa shape index (κ3) is 6.78. The van der Waals surface area contributed by atoms with Crippen molar-refractivity contribution in [1.82, 2.24) is 5.32 Å². The third-order valence-corrected chi connectivity index (χ3v) is 5.37. The van der Waals surface area contributed by atoms with Gasteiger partial charge in [-0.3, -0.25) is 10.1 Å². The Morgan fingerprint density at radius 1 is 0.871 bits per heavy atom. The maximum atomic E-state index is 8.36. The van der Waals surface area contributed by atoms with Gasteiger partial charge >= 0.3 is 0 Å². The van der Waals surface area contributed by atoms with E-state index in [-0.39, 0.29) is 18.1 Å². The number of aryl methyl sites for hydroxylation is 1. The molecule has 0 heterocycles. The number of nitrogens with one attached hydrogen (secondary N) is 1. The zero-order valence-corrected chi connectivity index (χ0v) is 18.5. The average Bonchev–Trinajstić information content (AvgIpc) is 2.79. The molecule has 3 aromatic rings. The van der Waals surface area contributed by atoms with Crippen LogP contribution >= 0.6 is 0 Å². The second-order valence-corrected chi connectivity index (χ2v) is 7.85. The zero-order chi connectivity index (χ0) is 22.5. The summed E-state index contributed by atoms with van der Waals surface area (Å²) in [6, 6.07) is 30.7. The lowest BCUT2D eigenvalue weighted by molar-refractivity contribution is -0.122. The average molecular weight is 419 g/mol. The Balaban J connectivity index is 0.00000107. The van der Waals surface area contributed by atoms with E-state index < -0.39 is 0 Å². The number of carbonyl (C=O) groups is 1. The number of hydrogen-bond acceptors (Lipinski definition) is 3. The first kappa shape index (κ1) is 24.3. The summed E-state index contributed by atoms with van der Waals surface area (Å²) in [5.41, 5.74) is 10.6. The first-order valence-electron chi connectivity index (χ1n) is 10.8. The molecule has 4 heteroatoms. The van der Waals surface area contributed by atoms with Crippen molar-refractivity contribution in [2.45, 2.75) is 44.7 Å². The van der Waals surface area contributed by atoms with Crippen LogP contribution in [0.3, 0.4) is 0 Å².